The van der Waals surface area contributed by atoms with Gasteiger partial charge in [-0.2, -0.15) is 5.10 Å². The number of thiazole rings is 1. The first-order valence-electron chi connectivity index (χ1n) is 7.98. The van der Waals surface area contributed by atoms with E-state index in [2.05, 4.69) is 20.4 Å². The summed E-state index contributed by atoms with van der Waals surface area (Å²) in [6, 6.07) is 9.64. The van der Waals surface area contributed by atoms with Gasteiger partial charge in [-0.15, -0.1) is 0 Å². The molecule has 0 bridgehead atoms. The molecule has 4 rings (SSSR count). The van der Waals surface area contributed by atoms with E-state index in [0.29, 0.717) is 10.7 Å². The third kappa shape index (κ3) is 3.02. The Bertz CT molecular complexity index is 1060. The van der Waals surface area contributed by atoms with Crippen molar-refractivity contribution in [2.45, 2.75) is 6.92 Å². The molecule has 1 N–H and O–H groups in total. The Labute approximate surface area is 154 Å². The summed E-state index contributed by atoms with van der Waals surface area (Å²) in [5, 5.41) is 7.63. The molecule has 3 heterocycles. The second-order valence-electron chi connectivity index (χ2n) is 5.76. The fourth-order valence-electron chi connectivity index (χ4n) is 2.57. The van der Waals surface area contributed by atoms with E-state index in [1.807, 2.05) is 55.1 Å². The minimum atomic E-state index is -0.243. The molecule has 1 aromatic carbocycles. The van der Waals surface area contributed by atoms with Gasteiger partial charge >= 0.3 is 0 Å². The third-order valence-corrected chi connectivity index (χ3v) is 4.98. The molecule has 8 heteroatoms. The minimum absolute atomic E-state index is 0.243. The summed E-state index contributed by atoms with van der Waals surface area (Å²) in [6.07, 6.45) is 6.86. The smallest absolute Gasteiger partial charge is 0.260 e. The zero-order valence-corrected chi connectivity index (χ0v) is 15.1. The summed E-state index contributed by atoms with van der Waals surface area (Å²) >= 11 is 1.40. The first-order valence-corrected chi connectivity index (χ1v) is 8.80. The van der Waals surface area contributed by atoms with Crippen LogP contribution in [0, 0.1) is 6.92 Å². The maximum Gasteiger partial charge on any atom is 0.260 e. The molecule has 0 saturated carbocycles. The molecule has 0 aliphatic rings. The van der Waals surface area contributed by atoms with Gasteiger partial charge in [0.25, 0.3) is 5.91 Å². The molecule has 130 valence electrons. The lowest BCUT2D eigenvalue weighted by molar-refractivity contribution is 0.102. The Kier molecular flexibility index (Phi) is 4.10. The summed E-state index contributed by atoms with van der Waals surface area (Å²) in [5.41, 5.74) is 2.20. The first kappa shape index (κ1) is 16.2. The molecule has 0 radical (unpaired) electrons. The second-order valence-corrected chi connectivity index (χ2v) is 6.76. The number of nitrogens with zero attached hydrogens (tertiary/aromatic N) is 5. The maximum absolute atomic E-state index is 12.5. The van der Waals surface area contributed by atoms with Crippen LogP contribution >= 0.6 is 11.3 Å². The van der Waals surface area contributed by atoms with Gasteiger partial charge in [0.2, 0.25) is 0 Å². The summed E-state index contributed by atoms with van der Waals surface area (Å²) in [5.74, 6) is 0.588. The van der Waals surface area contributed by atoms with Crippen molar-refractivity contribution in [2.24, 2.45) is 7.05 Å². The molecule has 0 spiro atoms. The van der Waals surface area contributed by atoms with Gasteiger partial charge in [0.05, 0.1) is 28.0 Å². The van der Waals surface area contributed by atoms with Gasteiger partial charge in [0.15, 0.2) is 11.0 Å². The normalized spacial score (nSPS) is 10.8. The number of para-hydroxylation sites is 1. The van der Waals surface area contributed by atoms with E-state index in [-0.39, 0.29) is 5.91 Å². The number of nitrogens with one attached hydrogen (secondary N) is 1. The van der Waals surface area contributed by atoms with E-state index >= 15 is 0 Å². The Morgan fingerprint density at radius 1 is 1.23 bits per heavy atom. The number of amides is 1. The van der Waals surface area contributed by atoms with Crippen molar-refractivity contribution in [3.8, 4) is 16.4 Å². The van der Waals surface area contributed by atoms with Gasteiger partial charge < -0.3 is 4.57 Å². The predicted octanol–water partition coefficient (Wildman–Crippen LogP) is 3.29. The standard InChI is InChI=1S/C18H16N6OS/c1-12-15(16-19-8-9-23(16)2)26-18(21-12)22-17(25)13-10-20-24(11-13)14-6-4-3-5-7-14/h3-11H,1-2H3,(H,21,22,25). The number of hydrogen-bond acceptors (Lipinski definition) is 5. The second kappa shape index (κ2) is 6.57. The molecule has 0 fully saturated rings. The van der Waals surface area contributed by atoms with E-state index in [4.69, 9.17) is 0 Å². The van der Waals surface area contributed by atoms with E-state index in [1.54, 1.807) is 23.3 Å². The Morgan fingerprint density at radius 3 is 2.77 bits per heavy atom. The SMILES string of the molecule is Cc1nc(NC(=O)c2cnn(-c3ccccc3)c2)sc1-c1nccn1C. The topological polar surface area (TPSA) is 77.6 Å². The molecule has 7 nitrogen and oxygen atoms in total. The van der Waals surface area contributed by atoms with E-state index in [9.17, 15) is 4.79 Å². The number of benzene rings is 1. The Morgan fingerprint density at radius 2 is 2.04 bits per heavy atom. The predicted molar refractivity (Wildman–Crippen MR) is 101 cm³/mol. The van der Waals surface area contributed by atoms with Crippen LogP contribution in [0.25, 0.3) is 16.4 Å². The lowest BCUT2D eigenvalue weighted by atomic mass is 10.3. The number of anilines is 1. The summed E-state index contributed by atoms with van der Waals surface area (Å²) in [6.45, 7) is 1.91. The van der Waals surface area contributed by atoms with Gasteiger partial charge in [0, 0.05) is 25.6 Å². The van der Waals surface area contributed by atoms with Crippen molar-refractivity contribution in [2.75, 3.05) is 5.32 Å². The fraction of sp³-hybridized carbons (Fsp3) is 0.111. The van der Waals surface area contributed by atoms with Crippen LogP contribution < -0.4 is 5.32 Å². The van der Waals surface area contributed by atoms with Crippen LogP contribution in [0.2, 0.25) is 0 Å². The number of rotatable bonds is 4. The summed E-state index contributed by atoms with van der Waals surface area (Å²) in [7, 11) is 1.93. The van der Waals surface area contributed by atoms with Gasteiger partial charge in [-0.05, 0) is 19.1 Å². The third-order valence-electron chi connectivity index (χ3n) is 3.91. The number of hydrogen-bond donors (Lipinski definition) is 1. The monoisotopic (exact) mass is 364 g/mol. The summed E-state index contributed by atoms with van der Waals surface area (Å²) in [4.78, 5) is 22.2. The van der Waals surface area contributed by atoms with Crippen LogP contribution in [0.5, 0.6) is 0 Å². The highest BCUT2D eigenvalue weighted by Crippen LogP contribution is 2.31. The highest BCUT2D eigenvalue weighted by Gasteiger charge is 2.16. The molecular formula is C18H16N6OS. The maximum atomic E-state index is 12.5. The van der Waals surface area contributed by atoms with Gasteiger partial charge in [0.1, 0.15) is 0 Å². The molecule has 4 aromatic rings. The highest BCUT2D eigenvalue weighted by atomic mass is 32.1. The number of carbonyl (C=O) groups is 1. The highest BCUT2D eigenvalue weighted by molar-refractivity contribution is 7.19. The number of aryl methyl sites for hydroxylation is 2. The molecule has 0 unspecified atom stereocenters. The molecular weight excluding hydrogens is 348 g/mol. The largest absolute Gasteiger partial charge is 0.333 e. The van der Waals surface area contributed by atoms with Gasteiger partial charge in [-0.1, -0.05) is 29.5 Å². The van der Waals surface area contributed by atoms with Crippen LogP contribution in [-0.4, -0.2) is 30.2 Å². The van der Waals surface area contributed by atoms with Crippen molar-refractivity contribution in [3.05, 3.63) is 66.4 Å². The molecule has 0 atom stereocenters. The van der Waals surface area contributed by atoms with Crippen LogP contribution in [0.4, 0.5) is 5.13 Å². The quantitative estimate of drug-likeness (QED) is 0.603. The lowest BCUT2D eigenvalue weighted by Gasteiger charge is -2.00. The zero-order valence-electron chi connectivity index (χ0n) is 14.2. The Hall–Kier alpha value is -3.26. The van der Waals surface area contributed by atoms with Gasteiger partial charge in [-0.25, -0.2) is 14.6 Å². The average Bonchev–Trinajstić information content (AvgIpc) is 3.36. The van der Waals surface area contributed by atoms with Crippen LogP contribution in [0.1, 0.15) is 16.1 Å². The summed E-state index contributed by atoms with van der Waals surface area (Å²) < 4.78 is 3.59. The molecule has 1 amide bonds. The van der Waals surface area contributed by atoms with E-state index < -0.39 is 0 Å². The number of aromatic nitrogens is 5. The minimum Gasteiger partial charge on any atom is -0.333 e. The molecule has 0 aliphatic heterocycles. The lowest BCUT2D eigenvalue weighted by Crippen LogP contribution is -2.10. The average molecular weight is 364 g/mol. The molecule has 26 heavy (non-hydrogen) atoms. The Balaban J connectivity index is 1.54. The molecule has 0 saturated heterocycles. The van der Waals surface area contributed by atoms with E-state index in [1.165, 1.54) is 11.3 Å². The van der Waals surface area contributed by atoms with Crippen LogP contribution in [0.15, 0.2) is 55.1 Å². The van der Waals surface area contributed by atoms with Crippen LogP contribution in [-0.2, 0) is 7.05 Å². The molecule has 0 aliphatic carbocycles. The van der Waals surface area contributed by atoms with Crippen molar-refractivity contribution in [1.82, 2.24) is 24.3 Å². The van der Waals surface area contributed by atoms with E-state index in [0.717, 1.165) is 22.1 Å². The number of carbonyl (C=O) groups excluding carboxylic acids is 1. The molecule has 3 aromatic heterocycles. The zero-order chi connectivity index (χ0) is 18.1. The van der Waals surface area contributed by atoms with Crippen molar-refractivity contribution in [3.63, 3.8) is 0 Å². The van der Waals surface area contributed by atoms with Crippen molar-refractivity contribution >= 4 is 22.4 Å². The van der Waals surface area contributed by atoms with Crippen molar-refractivity contribution in [1.29, 1.82) is 0 Å². The van der Waals surface area contributed by atoms with Crippen molar-refractivity contribution < 1.29 is 4.79 Å². The van der Waals surface area contributed by atoms with Gasteiger partial charge in [-0.3, -0.25) is 10.1 Å². The first-order chi connectivity index (χ1) is 12.6. The number of imidazole rings is 1. The van der Waals surface area contributed by atoms with Crippen LogP contribution in [0.3, 0.4) is 0 Å². The fourth-order valence-corrected chi connectivity index (χ4v) is 3.57.